The molecule has 0 aliphatic heterocycles. The first-order valence-electron chi connectivity index (χ1n) is 4.46. The molecule has 1 aromatic rings. The number of aliphatic hydroxyl groups excluding tert-OH is 2. The summed E-state index contributed by atoms with van der Waals surface area (Å²) in [5, 5.41) is 23.2. The highest BCUT2D eigenvalue weighted by atomic mass is 16.5. The van der Waals surface area contributed by atoms with E-state index in [1.54, 1.807) is 0 Å². The highest BCUT2D eigenvalue weighted by Gasteiger charge is 2.13. The van der Waals surface area contributed by atoms with E-state index in [1.165, 1.54) is 17.2 Å². The molecule has 7 heteroatoms. The van der Waals surface area contributed by atoms with Crippen molar-refractivity contribution in [2.45, 2.75) is 0 Å². The van der Waals surface area contributed by atoms with Gasteiger partial charge in [0, 0.05) is 19.2 Å². The summed E-state index contributed by atoms with van der Waals surface area (Å²) in [7, 11) is 0. The van der Waals surface area contributed by atoms with Gasteiger partial charge in [-0.2, -0.15) is 0 Å². The lowest BCUT2D eigenvalue weighted by Crippen LogP contribution is -2.38. The highest BCUT2D eigenvalue weighted by Crippen LogP contribution is 2.04. The van der Waals surface area contributed by atoms with Gasteiger partial charge in [0.1, 0.15) is 0 Å². The van der Waals surface area contributed by atoms with Gasteiger partial charge >= 0.3 is 6.03 Å². The summed E-state index contributed by atoms with van der Waals surface area (Å²) in [4.78, 5) is 12.8. The molecule has 0 unspecified atom stereocenters. The van der Waals surface area contributed by atoms with E-state index in [0.717, 1.165) is 0 Å². The molecule has 0 atom stereocenters. The molecule has 15 heavy (non-hydrogen) atoms. The summed E-state index contributed by atoms with van der Waals surface area (Å²) < 4.78 is 4.68. The number of aliphatic hydroxyl groups is 2. The van der Waals surface area contributed by atoms with E-state index in [-0.39, 0.29) is 32.2 Å². The van der Waals surface area contributed by atoms with Crippen LogP contribution in [0.4, 0.5) is 10.7 Å². The van der Waals surface area contributed by atoms with Gasteiger partial charge in [-0.1, -0.05) is 5.16 Å². The highest BCUT2D eigenvalue weighted by molar-refractivity contribution is 5.87. The Morgan fingerprint density at radius 2 is 2.13 bits per heavy atom. The first-order valence-corrected chi connectivity index (χ1v) is 4.46. The molecule has 3 N–H and O–H groups in total. The topological polar surface area (TPSA) is 98.8 Å². The lowest BCUT2D eigenvalue weighted by molar-refractivity contribution is 0.167. The van der Waals surface area contributed by atoms with Crippen molar-refractivity contribution < 1.29 is 19.5 Å². The molecule has 84 valence electrons. The Kier molecular flexibility index (Phi) is 4.58. The third kappa shape index (κ3) is 3.56. The number of amides is 2. The average Bonchev–Trinajstić information content (AvgIpc) is 2.70. The molecule has 0 saturated heterocycles. The Morgan fingerprint density at radius 3 is 2.60 bits per heavy atom. The summed E-state index contributed by atoms with van der Waals surface area (Å²) in [5.41, 5.74) is 0. The summed E-state index contributed by atoms with van der Waals surface area (Å²) in [6.07, 6.45) is 1.40. The molecule has 1 aromatic heterocycles. The number of carbonyl (C=O) groups is 1. The van der Waals surface area contributed by atoms with Gasteiger partial charge in [-0.3, -0.25) is 5.32 Å². The Labute approximate surface area is 86.3 Å². The second-order valence-corrected chi connectivity index (χ2v) is 2.74. The van der Waals surface area contributed by atoms with E-state index in [2.05, 4.69) is 15.0 Å². The standard InChI is InChI=1S/C8H13N3O4/c12-5-3-11(4-6-13)8(14)10-7-1-2-9-15-7/h1-2,12-13H,3-6H2,(H,10,14). The van der Waals surface area contributed by atoms with Crippen molar-refractivity contribution in [1.82, 2.24) is 10.1 Å². The second-order valence-electron chi connectivity index (χ2n) is 2.74. The molecule has 0 saturated carbocycles. The predicted octanol–water partition coefficient (Wildman–Crippen LogP) is -0.507. The SMILES string of the molecule is O=C(Nc1ccno1)N(CCO)CCO. The predicted molar refractivity (Wildman–Crippen MR) is 51.3 cm³/mol. The van der Waals surface area contributed by atoms with E-state index < -0.39 is 6.03 Å². The fraction of sp³-hybridized carbons (Fsp3) is 0.500. The van der Waals surface area contributed by atoms with Crippen molar-refractivity contribution >= 4 is 11.9 Å². The minimum atomic E-state index is -0.449. The lowest BCUT2D eigenvalue weighted by atomic mass is 10.5. The second kappa shape index (κ2) is 5.99. The Balaban J connectivity index is 2.48. The van der Waals surface area contributed by atoms with E-state index >= 15 is 0 Å². The van der Waals surface area contributed by atoms with Crippen molar-refractivity contribution in [3.05, 3.63) is 12.3 Å². The minimum Gasteiger partial charge on any atom is -0.395 e. The summed E-state index contributed by atoms with van der Waals surface area (Å²) >= 11 is 0. The largest absolute Gasteiger partial charge is 0.395 e. The molecular formula is C8H13N3O4. The van der Waals surface area contributed by atoms with Gasteiger partial charge in [-0.05, 0) is 0 Å². The quantitative estimate of drug-likeness (QED) is 0.614. The fourth-order valence-electron chi connectivity index (χ4n) is 1.02. The van der Waals surface area contributed by atoms with Crippen LogP contribution in [0.3, 0.4) is 0 Å². The van der Waals surface area contributed by atoms with Gasteiger partial charge in [0.05, 0.1) is 19.4 Å². The van der Waals surface area contributed by atoms with E-state index in [4.69, 9.17) is 10.2 Å². The van der Waals surface area contributed by atoms with Crippen LogP contribution in [0.15, 0.2) is 16.8 Å². The van der Waals surface area contributed by atoms with Crippen LogP contribution in [0.5, 0.6) is 0 Å². The molecule has 0 spiro atoms. The molecule has 1 heterocycles. The normalized spacial score (nSPS) is 10.0. The van der Waals surface area contributed by atoms with E-state index in [1.807, 2.05) is 0 Å². The van der Waals surface area contributed by atoms with Crippen LogP contribution in [0.25, 0.3) is 0 Å². The number of aromatic nitrogens is 1. The van der Waals surface area contributed by atoms with Gasteiger partial charge in [0.15, 0.2) is 0 Å². The number of urea groups is 1. The van der Waals surface area contributed by atoms with E-state index in [9.17, 15) is 4.79 Å². The van der Waals surface area contributed by atoms with Gasteiger partial charge < -0.3 is 19.6 Å². The third-order valence-corrected chi connectivity index (χ3v) is 1.70. The molecule has 0 aromatic carbocycles. The fourth-order valence-corrected chi connectivity index (χ4v) is 1.02. The Morgan fingerprint density at radius 1 is 1.47 bits per heavy atom. The molecule has 7 nitrogen and oxygen atoms in total. The van der Waals surface area contributed by atoms with Crippen molar-refractivity contribution in [2.24, 2.45) is 0 Å². The van der Waals surface area contributed by atoms with Crippen molar-refractivity contribution in [2.75, 3.05) is 31.6 Å². The zero-order valence-corrected chi connectivity index (χ0v) is 8.09. The maximum Gasteiger partial charge on any atom is 0.324 e. The van der Waals surface area contributed by atoms with E-state index in [0.29, 0.717) is 0 Å². The number of carbonyl (C=O) groups excluding carboxylic acids is 1. The molecule has 0 aliphatic rings. The summed E-state index contributed by atoms with van der Waals surface area (Å²) in [6.45, 7) is -0.0191. The van der Waals surface area contributed by atoms with Crippen LogP contribution < -0.4 is 5.32 Å². The maximum atomic E-state index is 11.5. The number of nitrogens with zero attached hydrogens (tertiary/aromatic N) is 2. The van der Waals surface area contributed by atoms with Crippen LogP contribution in [-0.2, 0) is 0 Å². The zero-order valence-electron chi connectivity index (χ0n) is 8.09. The zero-order chi connectivity index (χ0) is 11.1. The third-order valence-electron chi connectivity index (χ3n) is 1.70. The number of hydrogen-bond acceptors (Lipinski definition) is 5. The number of hydrogen-bond donors (Lipinski definition) is 3. The molecule has 0 bridgehead atoms. The molecule has 1 rings (SSSR count). The van der Waals surface area contributed by atoms with Crippen molar-refractivity contribution in [1.29, 1.82) is 0 Å². The lowest BCUT2D eigenvalue weighted by Gasteiger charge is -2.19. The Hall–Kier alpha value is -1.60. The first-order chi connectivity index (χ1) is 7.27. The molecular weight excluding hydrogens is 202 g/mol. The molecule has 0 aliphatic carbocycles. The molecule has 2 amide bonds. The number of nitrogens with one attached hydrogen (secondary N) is 1. The maximum absolute atomic E-state index is 11.5. The summed E-state index contributed by atoms with van der Waals surface area (Å²) in [5.74, 6) is 0.223. The van der Waals surface area contributed by atoms with Gasteiger partial charge in [-0.25, -0.2) is 4.79 Å². The van der Waals surface area contributed by atoms with Crippen LogP contribution in [0.1, 0.15) is 0 Å². The number of anilines is 1. The molecule has 0 radical (unpaired) electrons. The summed E-state index contributed by atoms with van der Waals surface area (Å²) in [6, 6.07) is 1.04. The van der Waals surface area contributed by atoms with Crippen LogP contribution in [-0.4, -0.2) is 52.6 Å². The monoisotopic (exact) mass is 215 g/mol. The smallest absolute Gasteiger partial charge is 0.324 e. The van der Waals surface area contributed by atoms with Crippen molar-refractivity contribution in [3.63, 3.8) is 0 Å². The van der Waals surface area contributed by atoms with Gasteiger partial charge in [0.2, 0.25) is 5.88 Å². The Bertz CT molecular complexity index is 282. The van der Waals surface area contributed by atoms with Gasteiger partial charge in [0.25, 0.3) is 0 Å². The molecule has 0 fully saturated rings. The average molecular weight is 215 g/mol. The number of rotatable bonds is 5. The van der Waals surface area contributed by atoms with Gasteiger partial charge in [-0.15, -0.1) is 0 Å². The van der Waals surface area contributed by atoms with Crippen LogP contribution in [0.2, 0.25) is 0 Å². The first kappa shape index (κ1) is 11.5. The van der Waals surface area contributed by atoms with Crippen LogP contribution in [0, 0.1) is 0 Å². The van der Waals surface area contributed by atoms with Crippen LogP contribution >= 0.6 is 0 Å². The minimum absolute atomic E-state index is 0.153. The van der Waals surface area contributed by atoms with Crippen molar-refractivity contribution in [3.8, 4) is 0 Å².